The Hall–Kier alpha value is -2.09. The van der Waals surface area contributed by atoms with Crippen LogP contribution in [0.4, 0.5) is 0 Å². The van der Waals surface area contributed by atoms with Gasteiger partial charge in [0.1, 0.15) is 0 Å². The van der Waals surface area contributed by atoms with Gasteiger partial charge in [0.2, 0.25) is 0 Å². The molecule has 0 amide bonds. The molecule has 0 radical (unpaired) electrons. The molecule has 1 aromatic heterocycles. The van der Waals surface area contributed by atoms with Crippen LogP contribution in [0, 0.1) is 0 Å². The van der Waals surface area contributed by atoms with E-state index in [1.165, 1.54) is 17.4 Å². The molecule has 1 unspecified atom stereocenters. The van der Waals surface area contributed by atoms with Gasteiger partial charge in [0.05, 0.1) is 19.3 Å². The Bertz CT molecular complexity index is 872. The van der Waals surface area contributed by atoms with E-state index in [0.717, 1.165) is 44.5 Å². The minimum absolute atomic E-state index is 0.143. The van der Waals surface area contributed by atoms with E-state index in [0.29, 0.717) is 18.0 Å². The second-order valence-corrected chi connectivity index (χ2v) is 8.67. The topological polar surface area (TPSA) is 68.2 Å². The van der Waals surface area contributed by atoms with E-state index in [1.807, 2.05) is 23.5 Å². The Kier molecular flexibility index (Phi) is 5.81. The molecule has 1 aromatic carbocycles. The first-order valence-electron chi connectivity index (χ1n) is 10.0. The lowest BCUT2D eigenvalue weighted by atomic mass is 9.82. The van der Waals surface area contributed by atoms with Crippen LogP contribution in [0.5, 0.6) is 11.5 Å². The van der Waals surface area contributed by atoms with Gasteiger partial charge < -0.3 is 19.3 Å². The number of hydrogen-bond acceptors (Lipinski definition) is 6. The lowest BCUT2D eigenvalue weighted by Gasteiger charge is -2.44. The molecule has 2 aliphatic rings. The van der Waals surface area contributed by atoms with E-state index in [-0.39, 0.29) is 5.60 Å². The normalized spacial score (nSPS) is 19.5. The molecule has 6 nitrogen and oxygen atoms in total. The van der Waals surface area contributed by atoms with Crippen molar-refractivity contribution in [2.75, 3.05) is 26.8 Å². The van der Waals surface area contributed by atoms with Gasteiger partial charge in [0.25, 0.3) is 0 Å². The molecule has 1 fully saturated rings. The van der Waals surface area contributed by atoms with Gasteiger partial charge in [0, 0.05) is 36.5 Å². The molecule has 4 rings (SSSR count). The number of methoxy groups -OCH3 is 1. The molecule has 7 heteroatoms. The van der Waals surface area contributed by atoms with Crippen LogP contribution < -0.4 is 9.47 Å². The minimum atomic E-state index is -0.997. The number of aliphatic carboxylic acids is 1. The number of benzene rings is 1. The number of para-hydroxylation sites is 1. The van der Waals surface area contributed by atoms with Crippen molar-refractivity contribution < 1.29 is 24.1 Å². The van der Waals surface area contributed by atoms with Crippen LogP contribution in [0.3, 0.4) is 0 Å². The van der Waals surface area contributed by atoms with Gasteiger partial charge in [-0.15, -0.1) is 11.3 Å². The first-order valence-corrected chi connectivity index (χ1v) is 10.9. The largest absolute Gasteiger partial charge is 0.493 e. The van der Waals surface area contributed by atoms with E-state index in [4.69, 9.17) is 14.2 Å². The molecule has 0 aliphatic carbocycles. The van der Waals surface area contributed by atoms with Crippen LogP contribution in [0.15, 0.2) is 29.6 Å². The van der Waals surface area contributed by atoms with E-state index in [9.17, 15) is 9.90 Å². The molecular weight excluding hydrogens is 390 g/mol. The van der Waals surface area contributed by atoms with E-state index >= 15 is 0 Å². The molecule has 2 aromatic rings. The number of carbonyl (C=O) groups is 1. The summed E-state index contributed by atoms with van der Waals surface area (Å²) in [4.78, 5) is 15.1. The van der Waals surface area contributed by atoms with Crippen LogP contribution >= 0.6 is 11.3 Å². The van der Waals surface area contributed by atoms with Crippen molar-refractivity contribution in [1.82, 2.24) is 4.90 Å². The molecule has 1 saturated heterocycles. The second-order valence-electron chi connectivity index (χ2n) is 7.67. The summed E-state index contributed by atoms with van der Waals surface area (Å²) in [5.74, 6) is 0.0737. The highest BCUT2D eigenvalue weighted by Crippen LogP contribution is 2.44. The van der Waals surface area contributed by atoms with Crippen molar-refractivity contribution in [3.63, 3.8) is 0 Å². The van der Waals surface area contributed by atoms with Gasteiger partial charge in [-0.3, -0.25) is 4.90 Å². The van der Waals surface area contributed by atoms with Crippen LogP contribution in [-0.4, -0.2) is 48.9 Å². The number of rotatable bonds is 6. The number of carboxylic acids is 1. The zero-order valence-electron chi connectivity index (χ0n) is 16.8. The number of ether oxygens (including phenoxy) is 3. The third-order valence-electron chi connectivity index (χ3n) is 5.92. The Morgan fingerprint density at radius 2 is 2.14 bits per heavy atom. The molecule has 3 heterocycles. The molecule has 1 spiro atoms. The third kappa shape index (κ3) is 3.99. The average Bonchev–Trinajstić information content (AvgIpc) is 3.21. The number of carboxylic acid groups (broad SMARTS) is 1. The summed E-state index contributed by atoms with van der Waals surface area (Å²) in [7, 11) is 1.57. The van der Waals surface area contributed by atoms with Gasteiger partial charge in [-0.25, -0.2) is 4.79 Å². The van der Waals surface area contributed by atoms with Gasteiger partial charge in [-0.1, -0.05) is 12.1 Å². The van der Waals surface area contributed by atoms with Crippen molar-refractivity contribution in [2.45, 2.75) is 44.4 Å². The average molecular weight is 418 g/mol. The highest BCUT2D eigenvalue weighted by molar-refractivity contribution is 7.10. The Labute approximate surface area is 175 Å². The summed E-state index contributed by atoms with van der Waals surface area (Å²) in [5.41, 5.74) is 2.18. The molecule has 2 aliphatic heterocycles. The molecule has 156 valence electrons. The zero-order valence-corrected chi connectivity index (χ0v) is 17.7. The highest BCUT2D eigenvalue weighted by atomic mass is 32.1. The fraction of sp³-hybridized carbons (Fsp3) is 0.500. The number of hydrogen-bond donors (Lipinski definition) is 1. The maximum absolute atomic E-state index is 11.3. The van der Waals surface area contributed by atoms with Crippen molar-refractivity contribution in [1.29, 1.82) is 0 Å². The number of nitrogens with zero attached hydrogens (tertiary/aromatic N) is 1. The smallest absolute Gasteiger partial charge is 0.344 e. The van der Waals surface area contributed by atoms with Crippen LogP contribution in [0.2, 0.25) is 0 Å². The summed E-state index contributed by atoms with van der Waals surface area (Å²) in [6, 6.07) is 7.92. The van der Waals surface area contributed by atoms with Crippen molar-refractivity contribution >= 4 is 17.3 Å². The summed E-state index contributed by atoms with van der Waals surface area (Å²) in [6.45, 7) is 4.85. The monoisotopic (exact) mass is 417 g/mol. The van der Waals surface area contributed by atoms with Gasteiger partial charge in [0.15, 0.2) is 17.6 Å². The Morgan fingerprint density at radius 3 is 2.86 bits per heavy atom. The van der Waals surface area contributed by atoms with Crippen molar-refractivity contribution in [3.05, 3.63) is 45.6 Å². The first-order chi connectivity index (χ1) is 14.0. The summed E-state index contributed by atoms with van der Waals surface area (Å²) < 4.78 is 17.5. The minimum Gasteiger partial charge on any atom is -0.493 e. The lowest BCUT2D eigenvalue weighted by molar-refractivity contribution is -0.144. The molecule has 1 atom stereocenters. The number of fused-ring (bicyclic) bond motifs is 2. The van der Waals surface area contributed by atoms with Crippen molar-refractivity contribution in [2.24, 2.45) is 0 Å². The van der Waals surface area contributed by atoms with E-state index in [1.54, 1.807) is 13.2 Å². The zero-order chi connectivity index (χ0) is 20.4. The number of piperidine rings is 1. The van der Waals surface area contributed by atoms with E-state index < -0.39 is 12.1 Å². The molecule has 0 saturated carbocycles. The van der Waals surface area contributed by atoms with Gasteiger partial charge in [-0.05, 0) is 42.8 Å². The van der Waals surface area contributed by atoms with Gasteiger partial charge >= 0.3 is 5.97 Å². The lowest BCUT2D eigenvalue weighted by Crippen LogP contribution is -2.45. The van der Waals surface area contributed by atoms with E-state index in [2.05, 4.69) is 16.3 Å². The fourth-order valence-corrected chi connectivity index (χ4v) is 5.24. The standard InChI is InChI=1S/C22H27NO5S/c1-15(21(24)25)28-20-16(4-3-5-18(20)26-2)14-23-10-8-22(9-11-23)17-7-13-29-19(17)6-12-27-22/h3-5,7,13,15H,6,8-12,14H2,1-2H3,(H,24,25). The van der Waals surface area contributed by atoms with Gasteiger partial charge in [-0.2, -0.15) is 0 Å². The first kappa shape index (κ1) is 20.2. The Balaban J connectivity index is 1.48. The molecular formula is C22H27NO5S. The van der Waals surface area contributed by atoms with Crippen molar-refractivity contribution in [3.8, 4) is 11.5 Å². The second kappa shape index (κ2) is 8.34. The van der Waals surface area contributed by atoms with Crippen LogP contribution in [0.1, 0.15) is 35.8 Å². The maximum Gasteiger partial charge on any atom is 0.344 e. The predicted molar refractivity (Wildman–Crippen MR) is 111 cm³/mol. The quantitative estimate of drug-likeness (QED) is 0.774. The molecule has 0 bridgehead atoms. The summed E-state index contributed by atoms with van der Waals surface area (Å²) in [5, 5.41) is 11.4. The fourth-order valence-electron chi connectivity index (χ4n) is 4.29. The maximum atomic E-state index is 11.3. The summed E-state index contributed by atoms with van der Waals surface area (Å²) in [6.07, 6.45) is 2.00. The predicted octanol–water partition coefficient (Wildman–Crippen LogP) is 3.67. The molecule has 1 N–H and O–H groups in total. The number of likely N-dealkylation sites (tertiary alicyclic amines) is 1. The highest BCUT2D eigenvalue weighted by Gasteiger charge is 2.41. The Morgan fingerprint density at radius 1 is 1.34 bits per heavy atom. The number of thiophene rings is 1. The summed E-state index contributed by atoms with van der Waals surface area (Å²) >= 11 is 1.84. The SMILES string of the molecule is COc1cccc(CN2CCC3(CC2)OCCc2sccc23)c1OC(C)C(=O)O. The van der Waals surface area contributed by atoms with Crippen LogP contribution in [-0.2, 0) is 28.1 Å². The third-order valence-corrected chi connectivity index (χ3v) is 6.90. The molecule has 29 heavy (non-hydrogen) atoms. The van der Waals surface area contributed by atoms with Crippen LogP contribution in [0.25, 0.3) is 0 Å².